The minimum atomic E-state index is -0.651. The Labute approximate surface area is 162 Å². The van der Waals surface area contributed by atoms with Gasteiger partial charge in [0.1, 0.15) is 11.2 Å². The molecule has 5 rings (SSSR count). The average Bonchev–Trinajstić information content (AvgIpc) is 3.26. The van der Waals surface area contributed by atoms with Crippen molar-refractivity contribution in [3.8, 4) is 11.4 Å². The lowest BCUT2D eigenvalue weighted by atomic mass is 9.81. The van der Waals surface area contributed by atoms with Crippen molar-refractivity contribution in [2.75, 3.05) is 0 Å². The quantitative estimate of drug-likeness (QED) is 0.705. The fraction of sp³-hybridized carbons (Fsp3) is 0.450. The summed E-state index contributed by atoms with van der Waals surface area (Å²) in [5.41, 5.74) is 1.59. The number of hydrogen-bond acceptors (Lipinski definition) is 6. The summed E-state index contributed by atoms with van der Waals surface area (Å²) in [5.74, 6) is 1.26. The van der Waals surface area contributed by atoms with Crippen molar-refractivity contribution in [2.45, 2.75) is 56.4 Å². The molecule has 8 nitrogen and oxygen atoms in total. The van der Waals surface area contributed by atoms with Gasteiger partial charge in [0.2, 0.25) is 5.82 Å². The van der Waals surface area contributed by atoms with Crippen LogP contribution in [-0.4, -0.2) is 31.2 Å². The van der Waals surface area contributed by atoms with Gasteiger partial charge in [-0.3, -0.25) is 14.9 Å². The third kappa shape index (κ3) is 3.19. The van der Waals surface area contributed by atoms with Crippen LogP contribution in [0.5, 0.6) is 0 Å². The molecule has 0 aliphatic heterocycles. The van der Waals surface area contributed by atoms with Crippen LogP contribution in [0, 0.1) is 0 Å². The van der Waals surface area contributed by atoms with Gasteiger partial charge in [-0.15, -0.1) is 0 Å². The van der Waals surface area contributed by atoms with Gasteiger partial charge in [-0.2, -0.15) is 10.1 Å². The zero-order chi connectivity index (χ0) is 19.0. The first kappa shape index (κ1) is 17.1. The molecule has 2 aliphatic rings. The molecular weight excluding hydrogens is 356 g/mol. The zero-order valence-electron chi connectivity index (χ0n) is 15.5. The Hall–Kier alpha value is -3.03. The Kier molecular flexibility index (Phi) is 4.18. The predicted molar refractivity (Wildman–Crippen MR) is 100 cm³/mol. The summed E-state index contributed by atoms with van der Waals surface area (Å²) < 4.78 is 5.62. The predicted octanol–water partition coefficient (Wildman–Crippen LogP) is 3.32. The van der Waals surface area contributed by atoms with E-state index in [2.05, 4.69) is 30.6 Å². The summed E-state index contributed by atoms with van der Waals surface area (Å²) >= 11 is 0. The molecule has 2 saturated carbocycles. The van der Waals surface area contributed by atoms with Crippen LogP contribution in [0.15, 0.2) is 35.1 Å². The Balaban J connectivity index is 1.42. The van der Waals surface area contributed by atoms with E-state index in [0.717, 1.165) is 56.2 Å². The van der Waals surface area contributed by atoms with Crippen molar-refractivity contribution in [2.24, 2.45) is 0 Å². The number of pyridine rings is 1. The fourth-order valence-corrected chi connectivity index (χ4v) is 3.92. The first-order valence-electron chi connectivity index (χ1n) is 9.86. The molecule has 0 atom stereocenters. The van der Waals surface area contributed by atoms with Crippen molar-refractivity contribution in [3.63, 3.8) is 0 Å². The molecule has 2 N–H and O–H groups in total. The topological polar surface area (TPSA) is 110 Å². The van der Waals surface area contributed by atoms with Gasteiger partial charge in [-0.25, -0.2) is 0 Å². The van der Waals surface area contributed by atoms with Crippen LogP contribution >= 0.6 is 0 Å². The zero-order valence-corrected chi connectivity index (χ0v) is 15.5. The molecule has 2 aliphatic carbocycles. The van der Waals surface area contributed by atoms with E-state index in [1.54, 1.807) is 12.4 Å². The molecule has 8 heteroatoms. The number of nitrogens with one attached hydrogen (secondary N) is 2. The van der Waals surface area contributed by atoms with Gasteiger partial charge in [0.25, 0.3) is 11.8 Å². The minimum absolute atomic E-state index is 0.203. The molecule has 0 radical (unpaired) electrons. The second-order valence-corrected chi connectivity index (χ2v) is 7.74. The van der Waals surface area contributed by atoms with Gasteiger partial charge in [0.05, 0.1) is 0 Å². The summed E-state index contributed by atoms with van der Waals surface area (Å²) in [4.78, 5) is 21.6. The number of H-pyrrole nitrogens is 1. The van der Waals surface area contributed by atoms with Crippen LogP contribution in [0.2, 0.25) is 0 Å². The third-order valence-electron chi connectivity index (χ3n) is 5.66. The molecule has 0 unspecified atom stereocenters. The maximum atomic E-state index is 12.9. The highest BCUT2D eigenvalue weighted by molar-refractivity contribution is 5.93. The molecule has 1 amide bonds. The van der Waals surface area contributed by atoms with Gasteiger partial charge in [-0.1, -0.05) is 24.4 Å². The first-order valence-corrected chi connectivity index (χ1v) is 9.86. The molecule has 0 bridgehead atoms. The molecule has 0 saturated heterocycles. The fourth-order valence-electron chi connectivity index (χ4n) is 3.92. The monoisotopic (exact) mass is 378 g/mol. The smallest absolute Gasteiger partial charge is 0.272 e. The van der Waals surface area contributed by atoms with Crippen molar-refractivity contribution >= 4 is 5.91 Å². The second kappa shape index (κ2) is 6.85. The van der Waals surface area contributed by atoms with E-state index in [4.69, 9.17) is 4.52 Å². The SMILES string of the molecule is O=C(NC1(c2nc(-c3cccnc3)no2)CCCCC1)c1cc(C2CC2)[nH]n1. The minimum Gasteiger partial charge on any atom is -0.336 e. The van der Waals surface area contributed by atoms with Gasteiger partial charge < -0.3 is 9.84 Å². The summed E-state index contributed by atoms with van der Waals surface area (Å²) in [7, 11) is 0. The second-order valence-electron chi connectivity index (χ2n) is 7.74. The van der Waals surface area contributed by atoms with E-state index in [1.807, 2.05) is 18.2 Å². The maximum Gasteiger partial charge on any atom is 0.272 e. The molecule has 0 aromatic carbocycles. The molecule has 0 spiro atoms. The largest absolute Gasteiger partial charge is 0.336 e. The number of hydrogen-bond donors (Lipinski definition) is 2. The number of aromatic amines is 1. The van der Waals surface area contributed by atoms with E-state index in [-0.39, 0.29) is 5.91 Å². The number of carbonyl (C=O) groups is 1. The van der Waals surface area contributed by atoms with E-state index >= 15 is 0 Å². The number of amides is 1. The highest BCUT2D eigenvalue weighted by Crippen LogP contribution is 2.40. The summed E-state index contributed by atoms with van der Waals surface area (Å²) in [6.45, 7) is 0. The van der Waals surface area contributed by atoms with Crippen LogP contribution in [-0.2, 0) is 5.54 Å². The van der Waals surface area contributed by atoms with Crippen LogP contribution < -0.4 is 5.32 Å². The van der Waals surface area contributed by atoms with Crippen LogP contribution in [0.1, 0.15) is 72.9 Å². The van der Waals surface area contributed by atoms with E-state index < -0.39 is 5.54 Å². The average molecular weight is 378 g/mol. The summed E-state index contributed by atoms with van der Waals surface area (Å²) in [5, 5.41) is 14.5. The van der Waals surface area contributed by atoms with Gasteiger partial charge in [-0.05, 0) is 43.9 Å². The molecule has 3 aromatic heterocycles. The highest BCUT2D eigenvalue weighted by Gasteiger charge is 2.41. The molecule has 28 heavy (non-hydrogen) atoms. The summed E-state index contributed by atoms with van der Waals surface area (Å²) in [6, 6.07) is 5.58. The number of nitrogens with zero attached hydrogens (tertiary/aromatic N) is 4. The van der Waals surface area contributed by atoms with Gasteiger partial charge >= 0.3 is 0 Å². The standard InChI is InChI=1S/C20H22N6O2/c27-18(16-11-15(24-25-16)13-6-7-13)23-20(8-2-1-3-9-20)19-22-17(26-28-19)14-5-4-10-21-12-14/h4-5,10-13H,1-3,6-9H2,(H,23,27)(H,24,25). The molecule has 2 fully saturated rings. The number of aromatic nitrogens is 5. The van der Waals surface area contributed by atoms with Gasteiger partial charge in [0, 0.05) is 29.6 Å². The van der Waals surface area contributed by atoms with Crippen LogP contribution in [0.4, 0.5) is 0 Å². The maximum absolute atomic E-state index is 12.9. The van der Waals surface area contributed by atoms with E-state index in [0.29, 0.717) is 23.3 Å². The van der Waals surface area contributed by atoms with Gasteiger partial charge in [0.15, 0.2) is 0 Å². The molecule has 3 aromatic rings. The Bertz CT molecular complexity index is 970. The lowest BCUT2D eigenvalue weighted by Gasteiger charge is -2.34. The lowest BCUT2D eigenvalue weighted by molar-refractivity contribution is 0.0819. The molecular formula is C20H22N6O2. The Morgan fingerprint density at radius 3 is 2.86 bits per heavy atom. The van der Waals surface area contributed by atoms with E-state index in [9.17, 15) is 4.79 Å². The normalized spacial score (nSPS) is 18.7. The number of rotatable bonds is 5. The highest BCUT2D eigenvalue weighted by atomic mass is 16.5. The van der Waals surface area contributed by atoms with Crippen LogP contribution in [0.25, 0.3) is 11.4 Å². The Morgan fingerprint density at radius 2 is 2.11 bits per heavy atom. The van der Waals surface area contributed by atoms with Crippen molar-refractivity contribution < 1.29 is 9.32 Å². The molecule has 144 valence electrons. The lowest BCUT2D eigenvalue weighted by Crippen LogP contribution is -2.47. The first-order chi connectivity index (χ1) is 13.7. The van der Waals surface area contributed by atoms with Crippen molar-refractivity contribution in [1.29, 1.82) is 0 Å². The summed E-state index contributed by atoms with van der Waals surface area (Å²) in [6.07, 6.45) is 10.4. The third-order valence-corrected chi connectivity index (χ3v) is 5.66. The number of carbonyl (C=O) groups excluding carboxylic acids is 1. The molecule has 3 heterocycles. The van der Waals surface area contributed by atoms with Crippen LogP contribution in [0.3, 0.4) is 0 Å². The Morgan fingerprint density at radius 1 is 1.25 bits per heavy atom. The van der Waals surface area contributed by atoms with Crippen molar-refractivity contribution in [1.82, 2.24) is 30.6 Å². The van der Waals surface area contributed by atoms with E-state index in [1.165, 1.54) is 0 Å². The van der Waals surface area contributed by atoms with Crippen molar-refractivity contribution in [3.05, 3.63) is 47.9 Å².